The van der Waals surface area contributed by atoms with Crippen LogP contribution in [0.2, 0.25) is 0 Å². The van der Waals surface area contributed by atoms with E-state index in [4.69, 9.17) is 14.9 Å². The van der Waals surface area contributed by atoms with E-state index in [-0.39, 0.29) is 6.47 Å². The van der Waals surface area contributed by atoms with Gasteiger partial charge in [0.15, 0.2) is 5.65 Å². The van der Waals surface area contributed by atoms with Crippen LogP contribution >= 0.6 is 0 Å². The Kier molecular flexibility index (Phi) is 6.75. The van der Waals surface area contributed by atoms with Crippen molar-refractivity contribution in [2.24, 2.45) is 0 Å². The predicted octanol–water partition coefficient (Wildman–Crippen LogP) is 5.86. The van der Waals surface area contributed by atoms with Gasteiger partial charge in [0.25, 0.3) is 6.47 Å². The number of rotatable bonds is 4. The Balaban J connectivity index is 0.000000858. The van der Waals surface area contributed by atoms with Crippen LogP contribution in [0.5, 0.6) is 0 Å². The molecule has 160 valence electrons. The normalized spacial score (nSPS) is 10.5. The summed E-state index contributed by atoms with van der Waals surface area (Å²) in [5.74, 6) is 0. The van der Waals surface area contributed by atoms with E-state index in [1.807, 2.05) is 0 Å². The van der Waals surface area contributed by atoms with Gasteiger partial charge >= 0.3 is 0 Å². The highest BCUT2D eigenvalue weighted by Crippen LogP contribution is 2.29. The predicted molar refractivity (Wildman–Crippen MR) is 127 cm³/mol. The molecule has 0 aliphatic carbocycles. The summed E-state index contributed by atoms with van der Waals surface area (Å²) in [6, 6.07) is 17.3. The van der Waals surface area contributed by atoms with Gasteiger partial charge in [0, 0.05) is 24.0 Å². The third-order valence-corrected chi connectivity index (χ3v) is 5.65. The van der Waals surface area contributed by atoms with Crippen LogP contribution in [-0.4, -0.2) is 21.0 Å². The maximum Gasteiger partial charge on any atom is 0.290 e. The fourth-order valence-corrected chi connectivity index (χ4v) is 3.80. The zero-order valence-corrected chi connectivity index (χ0v) is 18.7. The first-order valence-corrected chi connectivity index (χ1v) is 10.3. The molecule has 4 rings (SSSR count). The van der Waals surface area contributed by atoms with E-state index in [9.17, 15) is 0 Å². The summed E-state index contributed by atoms with van der Waals surface area (Å²) >= 11 is 0. The molecule has 5 nitrogen and oxygen atoms in total. The van der Waals surface area contributed by atoms with Crippen molar-refractivity contribution in [1.82, 2.24) is 9.38 Å². The summed E-state index contributed by atoms with van der Waals surface area (Å²) in [5, 5.41) is 10.6. The van der Waals surface area contributed by atoms with Crippen LogP contribution in [0.1, 0.15) is 33.6 Å². The largest absolute Gasteiger partial charge is 0.483 e. The molecule has 2 aromatic carbocycles. The van der Waals surface area contributed by atoms with E-state index in [0.717, 1.165) is 23.6 Å². The zero-order chi connectivity index (χ0) is 22.5. The van der Waals surface area contributed by atoms with Gasteiger partial charge in [-0.3, -0.25) is 4.79 Å². The Bertz CT molecular complexity index is 1200. The van der Waals surface area contributed by atoms with E-state index in [1.165, 1.54) is 39.1 Å². The fourth-order valence-electron chi connectivity index (χ4n) is 3.80. The van der Waals surface area contributed by atoms with Gasteiger partial charge in [0.1, 0.15) is 0 Å². The maximum atomic E-state index is 8.36. The molecule has 0 unspecified atom stereocenters. The number of carbonyl (C=O) groups is 1. The molecule has 0 aliphatic heterocycles. The van der Waals surface area contributed by atoms with Gasteiger partial charge in [-0.1, -0.05) is 48.0 Å². The Hall–Kier alpha value is -3.60. The third-order valence-electron chi connectivity index (χ3n) is 5.65. The van der Waals surface area contributed by atoms with Gasteiger partial charge < -0.3 is 14.8 Å². The first kappa shape index (κ1) is 22.1. The smallest absolute Gasteiger partial charge is 0.290 e. The lowest BCUT2D eigenvalue weighted by Crippen LogP contribution is -2.05. The summed E-state index contributed by atoms with van der Waals surface area (Å²) in [6.45, 7) is 11.2. The van der Waals surface area contributed by atoms with E-state index >= 15 is 0 Å². The van der Waals surface area contributed by atoms with Gasteiger partial charge in [-0.2, -0.15) is 0 Å². The van der Waals surface area contributed by atoms with Crippen LogP contribution < -0.4 is 5.32 Å². The molecule has 0 saturated carbocycles. The van der Waals surface area contributed by atoms with Crippen LogP contribution in [0.3, 0.4) is 0 Å². The molecule has 5 heteroatoms. The van der Waals surface area contributed by atoms with E-state index in [0.29, 0.717) is 0 Å². The molecule has 2 N–H and O–H groups in total. The first-order valence-electron chi connectivity index (χ1n) is 10.3. The summed E-state index contributed by atoms with van der Waals surface area (Å²) in [5.41, 5.74) is 12.0. The van der Waals surface area contributed by atoms with Crippen molar-refractivity contribution in [2.75, 3.05) is 5.32 Å². The van der Waals surface area contributed by atoms with Gasteiger partial charge in [0.05, 0.1) is 11.4 Å². The van der Waals surface area contributed by atoms with Crippen molar-refractivity contribution >= 4 is 17.8 Å². The average molecular weight is 416 g/mol. The number of pyridine rings is 1. The highest BCUT2D eigenvalue weighted by molar-refractivity contribution is 5.77. The lowest BCUT2D eigenvalue weighted by Gasteiger charge is -2.14. The second-order valence-electron chi connectivity index (χ2n) is 7.82. The molecule has 0 bridgehead atoms. The number of imidazole rings is 1. The van der Waals surface area contributed by atoms with E-state index < -0.39 is 0 Å². The molecule has 0 saturated heterocycles. The molecule has 2 heterocycles. The number of nitrogens with one attached hydrogen (secondary N) is 1. The average Bonchev–Trinajstić information content (AvgIpc) is 3.02. The molecule has 0 radical (unpaired) electrons. The van der Waals surface area contributed by atoms with Crippen LogP contribution in [0.4, 0.5) is 5.69 Å². The van der Waals surface area contributed by atoms with Crippen LogP contribution in [0, 0.1) is 34.6 Å². The second-order valence-corrected chi connectivity index (χ2v) is 7.82. The fraction of sp³-hybridized carbons (Fsp3) is 0.231. The number of nitrogens with zero attached hydrogens (tertiary/aromatic N) is 2. The quantitative estimate of drug-likeness (QED) is 0.410. The highest BCUT2D eigenvalue weighted by Gasteiger charge is 2.13. The molecule has 0 amide bonds. The number of aromatic nitrogens is 2. The number of benzene rings is 2. The summed E-state index contributed by atoms with van der Waals surface area (Å²) in [7, 11) is 0. The van der Waals surface area contributed by atoms with E-state index in [2.05, 4.69) is 99.1 Å². The third kappa shape index (κ3) is 4.77. The zero-order valence-electron chi connectivity index (χ0n) is 18.7. The lowest BCUT2D eigenvalue weighted by molar-refractivity contribution is -0.122. The Morgan fingerprint density at radius 1 is 0.968 bits per heavy atom. The van der Waals surface area contributed by atoms with Gasteiger partial charge in [-0.25, -0.2) is 4.98 Å². The summed E-state index contributed by atoms with van der Waals surface area (Å²) in [4.78, 5) is 13.2. The topological polar surface area (TPSA) is 66.6 Å². The molecule has 0 atom stereocenters. The Morgan fingerprint density at radius 2 is 1.61 bits per heavy atom. The first-order chi connectivity index (χ1) is 14.8. The van der Waals surface area contributed by atoms with Crippen molar-refractivity contribution in [3.05, 3.63) is 88.4 Å². The lowest BCUT2D eigenvalue weighted by atomic mass is 10.0. The van der Waals surface area contributed by atoms with Crippen LogP contribution in [0.15, 0.2) is 54.7 Å². The summed E-state index contributed by atoms with van der Waals surface area (Å²) in [6.07, 6.45) is 2.20. The van der Waals surface area contributed by atoms with Gasteiger partial charge in [0.2, 0.25) is 0 Å². The number of aryl methyl sites for hydroxylation is 5. The minimum atomic E-state index is -0.250. The standard InChI is InChI=1S/C25H27N3.CH2O2/c1-16-8-6-11-21(12-16)22-13-24(25-27-19(4)20(5)28(25)15-22)26-14-23-17(2)9-7-10-18(23)3;2-1-3/h6-13,15,26H,14H2,1-5H3;1H,(H,2,3). The number of hydrogen-bond donors (Lipinski definition) is 2. The molecule has 0 fully saturated rings. The molecule has 4 aromatic rings. The highest BCUT2D eigenvalue weighted by atomic mass is 16.3. The molecular formula is C26H29N3O2. The minimum absolute atomic E-state index is 0.250. The van der Waals surface area contributed by atoms with E-state index in [1.54, 1.807) is 0 Å². The van der Waals surface area contributed by atoms with Crippen molar-refractivity contribution in [2.45, 2.75) is 41.2 Å². The number of anilines is 1. The van der Waals surface area contributed by atoms with Gasteiger partial charge in [-0.15, -0.1) is 0 Å². The monoisotopic (exact) mass is 415 g/mol. The van der Waals surface area contributed by atoms with Crippen LogP contribution in [-0.2, 0) is 11.3 Å². The van der Waals surface area contributed by atoms with Crippen molar-refractivity contribution in [3.63, 3.8) is 0 Å². The molecule has 31 heavy (non-hydrogen) atoms. The minimum Gasteiger partial charge on any atom is -0.483 e. The Morgan fingerprint density at radius 3 is 2.26 bits per heavy atom. The number of hydrogen-bond acceptors (Lipinski definition) is 3. The van der Waals surface area contributed by atoms with Gasteiger partial charge in [-0.05, 0) is 62.9 Å². The second kappa shape index (κ2) is 9.47. The summed E-state index contributed by atoms with van der Waals surface area (Å²) < 4.78 is 2.21. The Labute approximate surface area is 183 Å². The molecular weight excluding hydrogens is 386 g/mol. The van der Waals surface area contributed by atoms with Crippen molar-refractivity contribution in [1.29, 1.82) is 0 Å². The van der Waals surface area contributed by atoms with Crippen molar-refractivity contribution < 1.29 is 9.90 Å². The molecule has 0 spiro atoms. The van der Waals surface area contributed by atoms with Crippen LogP contribution in [0.25, 0.3) is 16.8 Å². The molecule has 0 aliphatic rings. The maximum absolute atomic E-state index is 8.36. The number of fused-ring (bicyclic) bond motifs is 1. The molecule has 2 aromatic heterocycles. The van der Waals surface area contributed by atoms with Crippen molar-refractivity contribution in [3.8, 4) is 11.1 Å². The SMILES string of the molecule is Cc1cccc(-c2cc(NCc3c(C)cccc3C)c3nc(C)c(C)n3c2)c1.O=CO. The number of carboxylic acid groups (broad SMARTS) is 1.